The molecule has 1 unspecified atom stereocenters. The van der Waals surface area contributed by atoms with E-state index in [4.69, 9.17) is 11.6 Å². The van der Waals surface area contributed by atoms with Gasteiger partial charge in [-0.15, -0.1) is 0 Å². The first-order valence-corrected chi connectivity index (χ1v) is 7.07. The minimum Gasteiger partial charge on any atom is -0.313 e. The van der Waals surface area contributed by atoms with E-state index < -0.39 is 0 Å². The van der Waals surface area contributed by atoms with Gasteiger partial charge in [0.1, 0.15) is 5.82 Å². The van der Waals surface area contributed by atoms with Crippen LogP contribution in [0.4, 0.5) is 4.39 Å². The maximum Gasteiger partial charge on any atom is 0.123 e. The van der Waals surface area contributed by atoms with Crippen LogP contribution in [0, 0.1) is 19.7 Å². The molecule has 2 rings (SSSR count). The lowest BCUT2D eigenvalue weighted by Crippen LogP contribution is -2.19. The van der Waals surface area contributed by atoms with E-state index in [9.17, 15) is 4.39 Å². The topological polar surface area (TPSA) is 12.0 Å². The van der Waals surface area contributed by atoms with Crippen LogP contribution >= 0.6 is 11.6 Å². The Bertz CT molecular complexity index is 593. The number of likely N-dealkylation sites (N-methyl/N-ethyl adjacent to an activating group) is 1. The van der Waals surface area contributed by atoms with Crippen LogP contribution in [-0.2, 0) is 6.42 Å². The average molecular weight is 292 g/mol. The normalized spacial score (nSPS) is 12.4. The van der Waals surface area contributed by atoms with Crippen LogP contribution in [0.5, 0.6) is 0 Å². The Kier molecular flexibility index (Phi) is 4.79. The van der Waals surface area contributed by atoms with Gasteiger partial charge >= 0.3 is 0 Å². The molecule has 106 valence electrons. The second-order valence-electron chi connectivity index (χ2n) is 5.13. The maximum atomic E-state index is 13.0. The summed E-state index contributed by atoms with van der Waals surface area (Å²) in [6.07, 6.45) is 0.777. The minimum absolute atomic E-state index is 0.118. The van der Waals surface area contributed by atoms with E-state index in [1.54, 1.807) is 0 Å². The zero-order valence-electron chi connectivity index (χ0n) is 12.0. The SMILES string of the molecule is CNC(Cc1ccc(F)cc1)c1cc(C)c(C)cc1Cl. The summed E-state index contributed by atoms with van der Waals surface area (Å²) in [6, 6.07) is 10.9. The molecule has 0 aromatic heterocycles. The van der Waals surface area contributed by atoms with Gasteiger partial charge in [-0.05, 0) is 67.8 Å². The molecule has 0 fully saturated rings. The van der Waals surface area contributed by atoms with Crippen molar-refractivity contribution in [1.82, 2.24) is 5.32 Å². The van der Waals surface area contributed by atoms with Crippen molar-refractivity contribution < 1.29 is 4.39 Å². The highest BCUT2D eigenvalue weighted by atomic mass is 35.5. The highest BCUT2D eigenvalue weighted by Gasteiger charge is 2.15. The Balaban J connectivity index is 2.28. The number of aryl methyl sites for hydroxylation is 2. The number of halogens is 2. The molecule has 0 aliphatic carbocycles. The standard InChI is InChI=1S/C17H19ClFN/c1-11-8-15(16(18)9-12(11)2)17(20-3)10-13-4-6-14(19)7-5-13/h4-9,17,20H,10H2,1-3H3. The first kappa shape index (κ1) is 15.0. The fourth-order valence-corrected chi connectivity index (χ4v) is 2.64. The van der Waals surface area contributed by atoms with E-state index in [2.05, 4.69) is 25.2 Å². The molecule has 0 heterocycles. The van der Waals surface area contributed by atoms with Gasteiger partial charge < -0.3 is 5.32 Å². The van der Waals surface area contributed by atoms with E-state index >= 15 is 0 Å². The smallest absolute Gasteiger partial charge is 0.123 e. The Labute approximate surface area is 124 Å². The van der Waals surface area contributed by atoms with Crippen LogP contribution in [0.15, 0.2) is 36.4 Å². The van der Waals surface area contributed by atoms with Crippen molar-refractivity contribution in [1.29, 1.82) is 0 Å². The van der Waals surface area contributed by atoms with Crippen LogP contribution in [0.1, 0.15) is 28.3 Å². The van der Waals surface area contributed by atoms with Gasteiger partial charge in [0.15, 0.2) is 0 Å². The van der Waals surface area contributed by atoms with Crippen LogP contribution in [0.3, 0.4) is 0 Å². The minimum atomic E-state index is -0.209. The predicted molar refractivity (Wildman–Crippen MR) is 82.8 cm³/mol. The number of nitrogens with one attached hydrogen (secondary N) is 1. The Morgan fingerprint density at radius 3 is 2.30 bits per heavy atom. The number of hydrogen-bond acceptors (Lipinski definition) is 1. The van der Waals surface area contributed by atoms with E-state index in [0.717, 1.165) is 22.6 Å². The summed E-state index contributed by atoms with van der Waals surface area (Å²) in [7, 11) is 1.92. The predicted octanol–water partition coefficient (Wildman–Crippen LogP) is 4.60. The zero-order valence-corrected chi connectivity index (χ0v) is 12.8. The summed E-state index contributed by atoms with van der Waals surface area (Å²) in [5.74, 6) is -0.209. The molecule has 0 bridgehead atoms. The van der Waals surface area contributed by atoms with Crippen molar-refractivity contribution in [3.63, 3.8) is 0 Å². The second-order valence-corrected chi connectivity index (χ2v) is 5.54. The first-order chi connectivity index (χ1) is 9.51. The highest BCUT2D eigenvalue weighted by molar-refractivity contribution is 6.31. The van der Waals surface area contributed by atoms with Gasteiger partial charge in [-0.25, -0.2) is 4.39 Å². The van der Waals surface area contributed by atoms with Gasteiger partial charge in [-0.1, -0.05) is 29.8 Å². The first-order valence-electron chi connectivity index (χ1n) is 6.69. The van der Waals surface area contributed by atoms with E-state index in [1.165, 1.54) is 23.3 Å². The van der Waals surface area contributed by atoms with Gasteiger partial charge in [-0.3, -0.25) is 0 Å². The third kappa shape index (κ3) is 3.38. The lowest BCUT2D eigenvalue weighted by molar-refractivity contribution is 0.588. The lowest BCUT2D eigenvalue weighted by Gasteiger charge is -2.19. The quantitative estimate of drug-likeness (QED) is 0.868. The summed E-state index contributed by atoms with van der Waals surface area (Å²) in [6.45, 7) is 4.14. The molecule has 2 aromatic rings. The fourth-order valence-electron chi connectivity index (χ4n) is 2.29. The van der Waals surface area contributed by atoms with Crippen molar-refractivity contribution in [3.05, 3.63) is 69.5 Å². The van der Waals surface area contributed by atoms with Gasteiger partial charge in [0.05, 0.1) is 0 Å². The third-order valence-corrected chi connectivity index (χ3v) is 4.02. The van der Waals surface area contributed by atoms with Crippen molar-refractivity contribution in [2.75, 3.05) is 7.05 Å². The second kappa shape index (κ2) is 6.38. The summed E-state index contributed by atoms with van der Waals surface area (Å²) >= 11 is 6.37. The van der Waals surface area contributed by atoms with Gasteiger partial charge in [0.25, 0.3) is 0 Å². The molecule has 0 aliphatic rings. The molecule has 20 heavy (non-hydrogen) atoms. The molecule has 3 heteroatoms. The summed E-state index contributed by atoms with van der Waals surface area (Å²) in [5.41, 5.74) is 4.58. The lowest BCUT2D eigenvalue weighted by atomic mass is 9.96. The summed E-state index contributed by atoms with van der Waals surface area (Å²) in [5, 5.41) is 4.06. The molecule has 0 aliphatic heterocycles. The summed E-state index contributed by atoms with van der Waals surface area (Å²) < 4.78 is 13.0. The molecule has 0 radical (unpaired) electrons. The van der Waals surface area contributed by atoms with Crippen molar-refractivity contribution >= 4 is 11.6 Å². The van der Waals surface area contributed by atoms with Gasteiger partial charge in [0.2, 0.25) is 0 Å². The van der Waals surface area contributed by atoms with Crippen molar-refractivity contribution in [3.8, 4) is 0 Å². The van der Waals surface area contributed by atoms with E-state index in [1.807, 2.05) is 25.2 Å². The Morgan fingerprint density at radius 2 is 1.70 bits per heavy atom. The highest BCUT2D eigenvalue weighted by Crippen LogP contribution is 2.28. The van der Waals surface area contributed by atoms with Crippen LogP contribution < -0.4 is 5.32 Å². The largest absolute Gasteiger partial charge is 0.313 e. The van der Waals surface area contributed by atoms with Crippen LogP contribution in [0.2, 0.25) is 5.02 Å². The molecule has 0 saturated carbocycles. The molecule has 0 spiro atoms. The van der Waals surface area contributed by atoms with Crippen molar-refractivity contribution in [2.24, 2.45) is 0 Å². The number of rotatable bonds is 4. The van der Waals surface area contributed by atoms with E-state index in [0.29, 0.717) is 0 Å². The van der Waals surface area contributed by atoms with Gasteiger partial charge in [0, 0.05) is 11.1 Å². The molecule has 1 nitrogen and oxygen atoms in total. The van der Waals surface area contributed by atoms with Crippen LogP contribution in [-0.4, -0.2) is 7.05 Å². The summed E-state index contributed by atoms with van der Waals surface area (Å²) in [4.78, 5) is 0. The Hall–Kier alpha value is -1.38. The zero-order chi connectivity index (χ0) is 14.7. The monoisotopic (exact) mass is 291 g/mol. The molecular formula is C17H19ClFN. The molecule has 2 aromatic carbocycles. The Morgan fingerprint density at radius 1 is 1.10 bits per heavy atom. The molecule has 0 saturated heterocycles. The molecular weight excluding hydrogens is 273 g/mol. The molecule has 0 amide bonds. The maximum absolute atomic E-state index is 13.0. The fraction of sp³-hybridized carbons (Fsp3) is 0.294. The number of benzene rings is 2. The van der Waals surface area contributed by atoms with Gasteiger partial charge in [-0.2, -0.15) is 0 Å². The average Bonchev–Trinajstić information content (AvgIpc) is 2.43. The van der Waals surface area contributed by atoms with E-state index in [-0.39, 0.29) is 11.9 Å². The van der Waals surface area contributed by atoms with Crippen molar-refractivity contribution in [2.45, 2.75) is 26.3 Å². The molecule has 1 N–H and O–H groups in total. The molecule has 1 atom stereocenters. The van der Waals surface area contributed by atoms with Crippen LogP contribution in [0.25, 0.3) is 0 Å². The number of hydrogen-bond donors (Lipinski definition) is 1. The third-order valence-electron chi connectivity index (χ3n) is 3.69.